The van der Waals surface area contributed by atoms with E-state index in [1.807, 2.05) is 19.1 Å². The third-order valence-corrected chi connectivity index (χ3v) is 4.08. The van der Waals surface area contributed by atoms with Crippen LogP contribution >= 0.6 is 0 Å². The van der Waals surface area contributed by atoms with E-state index < -0.39 is 0 Å². The molecule has 3 heteroatoms. The second kappa shape index (κ2) is 5.70. The van der Waals surface area contributed by atoms with Gasteiger partial charge in [-0.3, -0.25) is 4.98 Å². The molecule has 0 bridgehead atoms. The minimum Gasteiger partial charge on any atom is -0.489 e. The lowest BCUT2D eigenvalue weighted by atomic mass is 9.80. The zero-order chi connectivity index (χ0) is 13.1. The normalized spacial score (nSPS) is 29.9. The fourth-order valence-electron chi connectivity index (χ4n) is 2.53. The van der Waals surface area contributed by atoms with Crippen molar-refractivity contribution in [3.63, 3.8) is 0 Å². The maximum Gasteiger partial charge on any atom is 0.138 e. The van der Waals surface area contributed by atoms with Crippen LogP contribution in [0.1, 0.15) is 51.8 Å². The number of hydrogen-bond donors (Lipinski definition) is 1. The van der Waals surface area contributed by atoms with Crippen LogP contribution in [0.25, 0.3) is 0 Å². The van der Waals surface area contributed by atoms with E-state index in [0.717, 1.165) is 36.1 Å². The van der Waals surface area contributed by atoms with Crippen LogP contribution in [-0.4, -0.2) is 11.1 Å². The van der Waals surface area contributed by atoms with Crippen molar-refractivity contribution in [2.45, 2.75) is 52.2 Å². The molecular formula is C15H24N2O. The summed E-state index contributed by atoms with van der Waals surface area (Å²) >= 11 is 0. The SMILES string of the molecule is CC1CCC(Oc2ccc([C@@H](C)N)nc2)CC1C. The molecule has 3 nitrogen and oxygen atoms in total. The fraction of sp³-hybridized carbons (Fsp3) is 0.667. The first-order chi connectivity index (χ1) is 8.56. The molecule has 2 N–H and O–H groups in total. The van der Waals surface area contributed by atoms with E-state index in [1.54, 1.807) is 6.20 Å². The van der Waals surface area contributed by atoms with Gasteiger partial charge in [0.1, 0.15) is 5.75 Å². The van der Waals surface area contributed by atoms with Crippen molar-refractivity contribution in [1.29, 1.82) is 0 Å². The van der Waals surface area contributed by atoms with Crippen molar-refractivity contribution in [2.24, 2.45) is 17.6 Å². The summed E-state index contributed by atoms with van der Waals surface area (Å²) in [5.74, 6) is 2.44. The molecule has 0 saturated heterocycles. The molecule has 0 spiro atoms. The van der Waals surface area contributed by atoms with Gasteiger partial charge in [0.25, 0.3) is 0 Å². The topological polar surface area (TPSA) is 48.1 Å². The Balaban J connectivity index is 1.93. The molecule has 0 aromatic carbocycles. The monoisotopic (exact) mass is 248 g/mol. The van der Waals surface area contributed by atoms with Crippen LogP contribution in [0.4, 0.5) is 0 Å². The van der Waals surface area contributed by atoms with E-state index in [2.05, 4.69) is 18.8 Å². The van der Waals surface area contributed by atoms with Gasteiger partial charge in [-0.1, -0.05) is 13.8 Å². The lowest BCUT2D eigenvalue weighted by Gasteiger charge is -2.32. The second-order valence-electron chi connectivity index (χ2n) is 5.71. The Hall–Kier alpha value is -1.09. The molecule has 2 rings (SSSR count). The summed E-state index contributed by atoms with van der Waals surface area (Å²) in [6, 6.07) is 3.91. The lowest BCUT2D eigenvalue weighted by molar-refractivity contribution is 0.100. The highest BCUT2D eigenvalue weighted by Crippen LogP contribution is 2.31. The fourth-order valence-corrected chi connectivity index (χ4v) is 2.53. The molecule has 1 aromatic heterocycles. The first-order valence-electron chi connectivity index (χ1n) is 6.94. The van der Waals surface area contributed by atoms with Gasteiger partial charge < -0.3 is 10.5 Å². The van der Waals surface area contributed by atoms with Crippen LogP contribution < -0.4 is 10.5 Å². The molecule has 100 valence electrons. The summed E-state index contributed by atoms with van der Waals surface area (Å²) in [7, 11) is 0. The van der Waals surface area contributed by atoms with E-state index in [-0.39, 0.29) is 6.04 Å². The molecule has 1 heterocycles. The summed E-state index contributed by atoms with van der Waals surface area (Å²) in [5, 5.41) is 0. The van der Waals surface area contributed by atoms with Gasteiger partial charge in [0.15, 0.2) is 0 Å². The summed E-state index contributed by atoms with van der Waals surface area (Å²) in [6.07, 6.45) is 5.70. The summed E-state index contributed by atoms with van der Waals surface area (Å²) in [5.41, 5.74) is 6.69. The summed E-state index contributed by atoms with van der Waals surface area (Å²) < 4.78 is 6.01. The number of pyridine rings is 1. The Bertz CT molecular complexity index is 375. The minimum atomic E-state index is -0.0189. The summed E-state index contributed by atoms with van der Waals surface area (Å²) in [4.78, 5) is 4.33. The van der Waals surface area contributed by atoms with Crippen LogP contribution in [0.3, 0.4) is 0 Å². The minimum absolute atomic E-state index is 0.0189. The van der Waals surface area contributed by atoms with E-state index in [0.29, 0.717) is 6.10 Å². The lowest BCUT2D eigenvalue weighted by Crippen LogP contribution is -2.28. The molecule has 1 aliphatic carbocycles. The Labute approximate surface area is 110 Å². The molecule has 1 fully saturated rings. The standard InChI is InChI=1S/C15H24N2O/c1-10-4-5-13(8-11(10)2)18-14-6-7-15(12(3)16)17-9-14/h6-7,9-13H,4-5,8,16H2,1-3H3/t10?,11?,12-,13?/m1/s1. The zero-order valence-corrected chi connectivity index (χ0v) is 11.6. The molecular weight excluding hydrogens is 224 g/mol. The Morgan fingerprint density at radius 2 is 2.06 bits per heavy atom. The van der Waals surface area contributed by atoms with Gasteiger partial charge in [-0.2, -0.15) is 0 Å². The average Bonchev–Trinajstić information content (AvgIpc) is 2.34. The zero-order valence-electron chi connectivity index (χ0n) is 11.6. The number of hydrogen-bond acceptors (Lipinski definition) is 3. The van der Waals surface area contributed by atoms with Gasteiger partial charge in [0, 0.05) is 6.04 Å². The molecule has 0 amide bonds. The molecule has 4 atom stereocenters. The molecule has 0 radical (unpaired) electrons. The van der Waals surface area contributed by atoms with Gasteiger partial charge in [0.05, 0.1) is 18.0 Å². The molecule has 18 heavy (non-hydrogen) atoms. The van der Waals surface area contributed by atoms with Crippen molar-refractivity contribution in [1.82, 2.24) is 4.98 Å². The van der Waals surface area contributed by atoms with Crippen LogP contribution in [0, 0.1) is 11.8 Å². The van der Waals surface area contributed by atoms with Crippen LogP contribution in [0.15, 0.2) is 18.3 Å². The number of nitrogens with two attached hydrogens (primary N) is 1. The van der Waals surface area contributed by atoms with E-state index in [1.165, 1.54) is 6.42 Å². The first kappa shape index (κ1) is 13.3. The average molecular weight is 248 g/mol. The van der Waals surface area contributed by atoms with Crippen molar-refractivity contribution in [3.05, 3.63) is 24.0 Å². The largest absolute Gasteiger partial charge is 0.489 e. The van der Waals surface area contributed by atoms with Crippen molar-refractivity contribution in [3.8, 4) is 5.75 Å². The van der Waals surface area contributed by atoms with Gasteiger partial charge in [-0.25, -0.2) is 0 Å². The van der Waals surface area contributed by atoms with Crippen LogP contribution in [0.5, 0.6) is 5.75 Å². The van der Waals surface area contributed by atoms with Crippen LogP contribution in [0.2, 0.25) is 0 Å². The second-order valence-corrected chi connectivity index (χ2v) is 5.71. The van der Waals surface area contributed by atoms with Crippen molar-refractivity contribution < 1.29 is 4.74 Å². The quantitative estimate of drug-likeness (QED) is 0.892. The molecule has 1 saturated carbocycles. The van der Waals surface area contributed by atoms with Crippen LogP contribution in [-0.2, 0) is 0 Å². The third-order valence-electron chi connectivity index (χ3n) is 4.08. The van der Waals surface area contributed by atoms with E-state index >= 15 is 0 Å². The Morgan fingerprint density at radius 3 is 2.61 bits per heavy atom. The molecule has 3 unspecified atom stereocenters. The predicted molar refractivity (Wildman–Crippen MR) is 73.4 cm³/mol. The molecule has 1 aliphatic rings. The molecule has 1 aromatic rings. The number of nitrogens with zero attached hydrogens (tertiary/aromatic N) is 1. The van der Waals surface area contributed by atoms with Gasteiger partial charge in [-0.15, -0.1) is 0 Å². The Kier molecular flexibility index (Phi) is 4.23. The van der Waals surface area contributed by atoms with Gasteiger partial charge >= 0.3 is 0 Å². The van der Waals surface area contributed by atoms with Gasteiger partial charge in [-0.05, 0) is 50.2 Å². The highest BCUT2D eigenvalue weighted by atomic mass is 16.5. The molecule has 0 aliphatic heterocycles. The van der Waals surface area contributed by atoms with Crippen molar-refractivity contribution in [2.75, 3.05) is 0 Å². The highest BCUT2D eigenvalue weighted by Gasteiger charge is 2.25. The predicted octanol–water partition coefficient (Wildman–Crippen LogP) is 3.30. The third kappa shape index (κ3) is 3.22. The maximum atomic E-state index is 6.01. The summed E-state index contributed by atoms with van der Waals surface area (Å²) in [6.45, 7) is 6.59. The van der Waals surface area contributed by atoms with E-state index in [9.17, 15) is 0 Å². The van der Waals surface area contributed by atoms with Crippen molar-refractivity contribution >= 4 is 0 Å². The first-order valence-corrected chi connectivity index (χ1v) is 6.94. The number of ether oxygens (including phenoxy) is 1. The number of aromatic nitrogens is 1. The smallest absolute Gasteiger partial charge is 0.138 e. The van der Waals surface area contributed by atoms with Gasteiger partial charge in [0.2, 0.25) is 0 Å². The number of rotatable bonds is 3. The van der Waals surface area contributed by atoms with E-state index in [4.69, 9.17) is 10.5 Å². The Morgan fingerprint density at radius 1 is 1.28 bits per heavy atom. The highest BCUT2D eigenvalue weighted by molar-refractivity contribution is 5.21. The maximum absolute atomic E-state index is 6.01.